The van der Waals surface area contributed by atoms with Crippen molar-refractivity contribution in [2.75, 3.05) is 6.54 Å². The van der Waals surface area contributed by atoms with E-state index in [1.54, 1.807) is 6.07 Å². The summed E-state index contributed by atoms with van der Waals surface area (Å²) in [5, 5.41) is 9.99. The number of benzene rings is 1. The Balaban J connectivity index is 2.09. The van der Waals surface area contributed by atoms with Gasteiger partial charge in [0.1, 0.15) is 0 Å². The zero-order chi connectivity index (χ0) is 14.8. The summed E-state index contributed by atoms with van der Waals surface area (Å²) in [4.78, 5) is 0. The van der Waals surface area contributed by atoms with Gasteiger partial charge in [0, 0.05) is 0 Å². The van der Waals surface area contributed by atoms with Crippen LogP contribution in [-0.2, 0) is 0 Å². The van der Waals surface area contributed by atoms with Gasteiger partial charge in [0.05, 0.1) is 6.10 Å². The molecule has 1 aromatic rings. The van der Waals surface area contributed by atoms with Gasteiger partial charge in [0.25, 0.3) is 0 Å². The predicted molar refractivity (Wildman–Crippen MR) is 82.2 cm³/mol. The van der Waals surface area contributed by atoms with E-state index in [2.05, 4.69) is 20.8 Å². The molecule has 2 rings (SSSR count). The Morgan fingerprint density at radius 3 is 2.80 bits per heavy atom. The van der Waals surface area contributed by atoms with Crippen molar-refractivity contribution < 1.29 is 9.84 Å². The highest BCUT2D eigenvalue weighted by atomic mass is 16.5. The quantitative estimate of drug-likeness (QED) is 0.860. The van der Waals surface area contributed by atoms with Crippen LogP contribution in [-0.4, -0.2) is 17.8 Å². The van der Waals surface area contributed by atoms with E-state index in [-0.39, 0.29) is 11.9 Å². The molecule has 2 atom stereocenters. The lowest BCUT2D eigenvalue weighted by Crippen LogP contribution is -2.15. The molecule has 0 aliphatic heterocycles. The van der Waals surface area contributed by atoms with Crippen LogP contribution in [0.3, 0.4) is 0 Å². The monoisotopic (exact) mass is 277 g/mol. The molecule has 1 aliphatic carbocycles. The smallest absolute Gasteiger partial charge is 0.161 e. The molecule has 0 amide bonds. The highest BCUT2D eigenvalue weighted by Crippen LogP contribution is 2.40. The van der Waals surface area contributed by atoms with Crippen molar-refractivity contribution in [3.8, 4) is 11.5 Å². The Morgan fingerprint density at radius 2 is 2.20 bits per heavy atom. The number of phenolic OH excluding ortho intramolecular Hbond substituents is 1. The van der Waals surface area contributed by atoms with Crippen LogP contribution >= 0.6 is 0 Å². The molecule has 0 bridgehead atoms. The van der Waals surface area contributed by atoms with Crippen LogP contribution in [0.4, 0.5) is 0 Å². The molecule has 0 spiro atoms. The van der Waals surface area contributed by atoms with Crippen LogP contribution in [0.25, 0.3) is 0 Å². The van der Waals surface area contributed by atoms with Crippen LogP contribution in [0.15, 0.2) is 18.2 Å². The Labute approximate surface area is 122 Å². The van der Waals surface area contributed by atoms with E-state index in [9.17, 15) is 5.11 Å². The molecule has 112 valence electrons. The van der Waals surface area contributed by atoms with Crippen molar-refractivity contribution in [2.45, 2.75) is 58.5 Å². The molecule has 3 heteroatoms. The maximum atomic E-state index is 9.99. The number of nitrogens with two attached hydrogens (primary N) is 1. The fraction of sp³-hybridized carbons (Fsp3) is 0.647. The number of phenols is 1. The molecule has 0 heterocycles. The lowest BCUT2D eigenvalue weighted by Gasteiger charge is -2.19. The zero-order valence-corrected chi connectivity index (χ0v) is 12.9. The van der Waals surface area contributed by atoms with E-state index in [4.69, 9.17) is 10.5 Å². The second kappa shape index (κ2) is 6.04. The van der Waals surface area contributed by atoms with E-state index in [0.717, 1.165) is 19.3 Å². The molecule has 0 saturated heterocycles. The summed E-state index contributed by atoms with van der Waals surface area (Å²) in [5.41, 5.74) is 7.15. The lowest BCUT2D eigenvalue weighted by molar-refractivity contribution is 0.186. The van der Waals surface area contributed by atoms with Crippen molar-refractivity contribution in [1.82, 2.24) is 0 Å². The van der Waals surface area contributed by atoms with Crippen molar-refractivity contribution in [1.29, 1.82) is 0 Å². The molecule has 3 nitrogen and oxygen atoms in total. The third-order valence-electron chi connectivity index (χ3n) is 4.37. The highest BCUT2D eigenvalue weighted by Gasteiger charge is 2.32. The zero-order valence-electron chi connectivity index (χ0n) is 12.9. The fourth-order valence-electron chi connectivity index (χ4n) is 3.00. The van der Waals surface area contributed by atoms with Crippen LogP contribution in [0.2, 0.25) is 0 Å². The minimum absolute atomic E-state index is 0.218. The average molecular weight is 277 g/mol. The maximum Gasteiger partial charge on any atom is 0.161 e. The fourth-order valence-corrected chi connectivity index (χ4v) is 3.00. The molecular formula is C17H27NO2. The number of aromatic hydroxyl groups is 1. The standard InChI is InChI=1S/C17H27NO2/c1-12(7-9-18)13-4-5-15(19)16(10-13)20-14-6-8-17(2,3)11-14/h4-5,10,12,14,19H,6-9,11,18H2,1-3H3. The Kier molecular flexibility index (Phi) is 4.59. The maximum absolute atomic E-state index is 9.99. The molecular weight excluding hydrogens is 250 g/mol. The molecule has 3 N–H and O–H groups in total. The first-order valence-electron chi connectivity index (χ1n) is 7.61. The molecule has 1 aromatic carbocycles. The number of hydrogen-bond acceptors (Lipinski definition) is 3. The van der Waals surface area contributed by atoms with E-state index in [1.165, 1.54) is 12.0 Å². The second-order valence-corrected chi connectivity index (χ2v) is 6.85. The summed E-state index contributed by atoms with van der Waals surface area (Å²) >= 11 is 0. The molecule has 20 heavy (non-hydrogen) atoms. The first-order valence-corrected chi connectivity index (χ1v) is 7.61. The molecule has 1 aliphatic rings. The minimum atomic E-state index is 0.218. The van der Waals surface area contributed by atoms with Crippen LogP contribution in [0.1, 0.15) is 57.9 Å². The van der Waals surface area contributed by atoms with E-state index >= 15 is 0 Å². The van der Waals surface area contributed by atoms with E-state index in [1.807, 2.05) is 12.1 Å². The third-order valence-corrected chi connectivity index (χ3v) is 4.37. The molecule has 1 fully saturated rings. The van der Waals surface area contributed by atoms with Gasteiger partial charge in [-0.15, -0.1) is 0 Å². The highest BCUT2D eigenvalue weighted by molar-refractivity contribution is 5.43. The second-order valence-electron chi connectivity index (χ2n) is 6.85. The average Bonchev–Trinajstić information content (AvgIpc) is 2.72. The van der Waals surface area contributed by atoms with Gasteiger partial charge >= 0.3 is 0 Å². The van der Waals surface area contributed by atoms with Crippen LogP contribution in [0.5, 0.6) is 11.5 Å². The van der Waals surface area contributed by atoms with Gasteiger partial charge in [-0.3, -0.25) is 0 Å². The van der Waals surface area contributed by atoms with Crippen molar-refractivity contribution in [2.24, 2.45) is 11.1 Å². The normalized spacial score (nSPS) is 22.7. The summed E-state index contributed by atoms with van der Waals surface area (Å²) in [5.74, 6) is 1.25. The van der Waals surface area contributed by atoms with Gasteiger partial charge in [-0.25, -0.2) is 0 Å². The topological polar surface area (TPSA) is 55.5 Å². The number of hydrogen-bond donors (Lipinski definition) is 2. The Morgan fingerprint density at radius 1 is 1.45 bits per heavy atom. The first-order chi connectivity index (χ1) is 9.41. The van der Waals surface area contributed by atoms with Gasteiger partial charge in [0.2, 0.25) is 0 Å². The molecule has 0 radical (unpaired) electrons. The largest absolute Gasteiger partial charge is 0.504 e. The van der Waals surface area contributed by atoms with Crippen molar-refractivity contribution >= 4 is 0 Å². The lowest BCUT2D eigenvalue weighted by atomic mass is 9.92. The number of rotatable bonds is 5. The summed E-state index contributed by atoms with van der Waals surface area (Å²) in [7, 11) is 0. The van der Waals surface area contributed by atoms with Gasteiger partial charge in [-0.05, 0) is 61.3 Å². The van der Waals surface area contributed by atoms with Crippen molar-refractivity contribution in [3.63, 3.8) is 0 Å². The molecule has 1 saturated carbocycles. The predicted octanol–water partition coefficient (Wildman–Crippen LogP) is 3.80. The number of ether oxygens (including phenoxy) is 1. The van der Waals surface area contributed by atoms with Crippen molar-refractivity contribution in [3.05, 3.63) is 23.8 Å². The van der Waals surface area contributed by atoms with Gasteiger partial charge < -0.3 is 15.6 Å². The summed E-state index contributed by atoms with van der Waals surface area (Å²) in [6.45, 7) is 7.38. The third kappa shape index (κ3) is 3.66. The SMILES string of the molecule is CC(CCN)c1ccc(O)c(OC2CCC(C)(C)C2)c1. The summed E-state index contributed by atoms with van der Waals surface area (Å²) in [6, 6.07) is 5.67. The first kappa shape index (κ1) is 15.2. The molecule has 0 aromatic heterocycles. The van der Waals surface area contributed by atoms with Crippen LogP contribution < -0.4 is 10.5 Å². The minimum Gasteiger partial charge on any atom is -0.504 e. The van der Waals surface area contributed by atoms with E-state index in [0.29, 0.717) is 23.6 Å². The Hall–Kier alpha value is -1.22. The van der Waals surface area contributed by atoms with Gasteiger partial charge in [-0.2, -0.15) is 0 Å². The van der Waals surface area contributed by atoms with E-state index < -0.39 is 0 Å². The summed E-state index contributed by atoms with van der Waals surface area (Å²) in [6.07, 6.45) is 4.46. The molecule has 2 unspecified atom stereocenters. The summed E-state index contributed by atoms with van der Waals surface area (Å²) < 4.78 is 6.03. The van der Waals surface area contributed by atoms with Gasteiger partial charge in [0.15, 0.2) is 11.5 Å². The van der Waals surface area contributed by atoms with Gasteiger partial charge in [-0.1, -0.05) is 26.8 Å². The Bertz CT molecular complexity index is 456. The van der Waals surface area contributed by atoms with Crippen LogP contribution in [0, 0.1) is 5.41 Å².